The highest BCUT2D eigenvalue weighted by Gasteiger charge is 2.33. The van der Waals surface area contributed by atoms with E-state index in [4.69, 9.17) is 23.2 Å². The molecule has 2 aromatic rings. The zero-order valence-electron chi connectivity index (χ0n) is 8.88. The van der Waals surface area contributed by atoms with Crippen LogP contribution in [0.2, 0.25) is 10.0 Å². The second-order valence-electron chi connectivity index (χ2n) is 3.61. The Morgan fingerprint density at radius 3 is 2.50 bits per heavy atom. The summed E-state index contributed by atoms with van der Waals surface area (Å²) in [4.78, 5) is 0. The summed E-state index contributed by atoms with van der Waals surface area (Å²) in [6, 6.07) is 5.89. The van der Waals surface area contributed by atoms with Crippen LogP contribution in [0.15, 0.2) is 30.5 Å². The molecule has 1 aromatic heterocycles. The Kier molecular flexibility index (Phi) is 3.54. The molecule has 0 aliphatic rings. The average molecular weight is 295 g/mol. The fourth-order valence-corrected chi connectivity index (χ4v) is 1.83. The molecule has 0 radical (unpaired) electrons. The van der Waals surface area contributed by atoms with Gasteiger partial charge in [0.25, 0.3) is 0 Å². The molecule has 0 aliphatic heterocycles. The number of halogens is 5. The predicted molar refractivity (Wildman–Crippen MR) is 62.8 cm³/mol. The maximum Gasteiger partial charge on any atom is 0.435 e. The van der Waals surface area contributed by atoms with E-state index in [1.54, 1.807) is 18.2 Å². The minimum Gasteiger partial charge on any atom is -0.268 e. The predicted octanol–water partition coefficient (Wildman–Crippen LogP) is 4.26. The van der Waals surface area contributed by atoms with Gasteiger partial charge in [-0.15, -0.1) is 0 Å². The smallest absolute Gasteiger partial charge is 0.268 e. The van der Waals surface area contributed by atoms with E-state index in [2.05, 4.69) is 5.10 Å². The fraction of sp³-hybridized carbons (Fsp3) is 0.182. The first kappa shape index (κ1) is 13.2. The van der Waals surface area contributed by atoms with Gasteiger partial charge in [-0.25, -0.2) is 0 Å². The largest absolute Gasteiger partial charge is 0.435 e. The molecule has 0 bridgehead atoms. The molecule has 0 N–H and O–H groups in total. The SMILES string of the molecule is FC(F)(F)c1ccn(Cc2cccc(Cl)c2Cl)n1. The van der Waals surface area contributed by atoms with Crippen molar-refractivity contribution in [3.05, 3.63) is 51.8 Å². The van der Waals surface area contributed by atoms with Crippen LogP contribution in [0.4, 0.5) is 13.2 Å². The Labute approximate surface area is 111 Å². The molecule has 2 nitrogen and oxygen atoms in total. The molecule has 0 atom stereocenters. The van der Waals surface area contributed by atoms with Crippen LogP contribution in [0, 0.1) is 0 Å². The Hall–Kier alpha value is -1.20. The van der Waals surface area contributed by atoms with Gasteiger partial charge in [0.15, 0.2) is 5.69 Å². The Morgan fingerprint density at radius 1 is 1.17 bits per heavy atom. The van der Waals surface area contributed by atoms with Crippen molar-refractivity contribution in [2.24, 2.45) is 0 Å². The van der Waals surface area contributed by atoms with Gasteiger partial charge in [0.05, 0.1) is 16.6 Å². The van der Waals surface area contributed by atoms with Gasteiger partial charge in [0, 0.05) is 6.20 Å². The standard InChI is InChI=1S/C11H7Cl2F3N2/c12-8-3-1-2-7(10(8)13)6-18-5-4-9(17-18)11(14,15)16/h1-5H,6H2. The van der Waals surface area contributed by atoms with Crippen LogP contribution < -0.4 is 0 Å². The molecule has 0 saturated heterocycles. The minimum atomic E-state index is -4.44. The van der Waals surface area contributed by atoms with Crippen molar-refractivity contribution in [3.8, 4) is 0 Å². The van der Waals surface area contributed by atoms with Gasteiger partial charge < -0.3 is 0 Å². The molecule has 96 valence electrons. The van der Waals surface area contributed by atoms with Crippen molar-refractivity contribution in [3.63, 3.8) is 0 Å². The van der Waals surface area contributed by atoms with Crippen LogP contribution in [0.3, 0.4) is 0 Å². The van der Waals surface area contributed by atoms with Crippen molar-refractivity contribution < 1.29 is 13.2 Å². The molecule has 18 heavy (non-hydrogen) atoms. The van der Waals surface area contributed by atoms with Gasteiger partial charge in [-0.05, 0) is 17.7 Å². The number of benzene rings is 1. The van der Waals surface area contributed by atoms with Gasteiger partial charge in [-0.3, -0.25) is 4.68 Å². The van der Waals surface area contributed by atoms with Crippen molar-refractivity contribution in [1.29, 1.82) is 0 Å². The second-order valence-corrected chi connectivity index (χ2v) is 4.39. The van der Waals surface area contributed by atoms with E-state index >= 15 is 0 Å². The Bertz CT molecular complexity index is 564. The molecule has 0 saturated carbocycles. The van der Waals surface area contributed by atoms with Gasteiger partial charge >= 0.3 is 6.18 Å². The zero-order chi connectivity index (χ0) is 13.3. The van der Waals surface area contributed by atoms with Gasteiger partial charge in [0.2, 0.25) is 0 Å². The molecule has 7 heteroatoms. The molecule has 1 heterocycles. The van der Waals surface area contributed by atoms with E-state index < -0.39 is 11.9 Å². The van der Waals surface area contributed by atoms with Crippen LogP contribution in [-0.2, 0) is 12.7 Å². The lowest BCUT2D eigenvalue weighted by Gasteiger charge is -2.06. The summed E-state index contributed by atoms with van der Waals surface area (Å²) in [5, 5.41) is 4.12. The molecule has 0 aliphatic carbocycles. The average Bonchev–Trinajstić information content (AvgIpc) is 2.73. The highest BCUT2D eigenvalue weighted by atomic mass is 35.5. The zero-order valence-corrected chi connectivity index (χ0v) is 10.4. The molecule has 2 rings (SSSR count). The third-order valence-corrected chi connectivity index (χ3v) is 3.15. The topological polar surface area (TPSA) is 17.8 Å². The normalized spacial score (nSPS) is 11.8. The molecular weight excluding hydrogens is 288 g/mol. The number of hydrogen-bond donors (Lipinski definition) is 0. The lowest BCUT2D eigenvalue weighted by molar-refractivity contribution is -0.141. The minimum absolute atomic E-state index is 0.134. The second kappa shape index (κ2) is 4.82. The first-order valence-corrected chi connectivity index (χ1v) is 5.67. The third-order valence-electron chi connectivity index (χ3n) is 2.30. The Balaban J connectivity index is 2.24. The summed E-state index contributed by atoms with van der Waals surface area (Å²) in [7, 11) is 0. The molecule has 0 fully saturated rings. The van der Waals surface area contributed by atoms with Gasteiger partial charge in [-0.2, -0.15) is 18.3 Å². The summed E-state index contributed by atoms with van der Waals surface area (Å²) in [5.74, 6) is 0. The van der Waals surface area contributed by atoms with E-state index in [1.807, 2.05) is 0 Å². The summed E-state index contributed by atoms with van der Waals surface area (Å²) in [6.45, 7) is 0.134. The van der Waals surface area contributed by atoms with Crippen molar-refractivity contribution in [2.75, 3.05) is 0 Å². The van der Waals surface area contributed by atoms with Crippen LogP contribution in [0.25, 0.3) is 0 Å². The maximum absolute atomic E-state index is 12.4. The van der Waals surface area contributed by atoms with Crippen molar-refractivity contribution in [1.82, 2.24) is 9.78 Å². The fourth-order valence-electron chi connectivity index (χ4n) is 1.45. The molecule has 0 unspecified atom stereocenters. The summed E-state index contributed by atoms with van der Waals surface area (Å²) < 4.78 is 38.2. The van der Waals surface area contributed by atoms with Gasteiger partial charge in [-0.1, -0.05) is 35.3 Å². The van der Waals surface area contributed by atoms with Crippen LogP contribution in [0.1, 0.15) is 11.3 Å². The molecule has 1 aromatic carbocycles. The first-order valence-electron chi connectivity index (χ1n) is 4.91. The summed E-state index contributed by atoms with van der Waals surface area (Å²) in [5.41, 5.74) is -0.318. The van der Waals surface area contributed by atoms with E-state index in [1.165, 1.54) is 10.9 Å². The number of aromatic nitrogens is 2. The molecule has 0 spiro atoms. The maximum atomic E-state index is 12.4. The van der Waals surface area contributed by atoms with E-state index in [9.17, 15) is 13.2 Å². The van der Waals surface area contributed by atoms with Crippen LogP contribution >= 0.6 is 23.2 Å². The highest BCUT2D eigenvalue weighted by molar-refractivity contribution is 6.42. The lowest BCUT2D eigenvalue weighted by Crippen LogP contribution is -2.08. The number of nitrogens with zero attached hydrogens (tertiary/aromatic N) is 2. The highest BCUT2D eigenvalue weighted by Crippen LogP contribution is 2.28. The quantitative estimate of drug-likeness (QED) is 0.809. The molecule has 0 amide bonds. The lowest BCUT2D eigenvalue weighted by atomic mass is 10.2. The van der Waals surface area contributed by atoms with Crippen molar-refractivity contribution >= 4 is 23.2 Å². The summed E-state index contributed by atoms with van der Waals surface area (Å²) >= 11 is 11.8. The number of alkyl halides is 3. The summed E-state index contributed by atoms with van der Waals surface area (Å²) in [6.07, 6.45) is -3.19. The van der Waals surface area contributed by atoms with Gasteiger partial charge in [0.1, 0.15) is 0 Å². The number of rotatable bonds is 2. The van der Waals surface area contributed by atoms with Crippen molar-refractivity contribution in [2.45, 2.75) is 12.7 Å². The monoisotopic (exact) mass is 294 g/mol. The third kappa shape index (κ3) is 2.79. The van der Waals surface area contributed by atoms with E-state index in [-0.39, 0.29) is 6.54 Å². The van der Waals surface area contributed by atoms with E-state index in [0.29, 0.717) is 15.6 Å². The van der Waals surface area contributed by atoms with Crippen LogP contribution in [0.5, 0.6) is 0 Å². The van der Waals surface area contributed by atoms with E-state index in [0.717, 1.165) is 6.07 Å². The van der Waals surface area contributed by atoms with Crippen LogP contribution in [-0.4, -0.2) is 9.78 Å². The Morgan fingerprint density at radius 2 is 1.89 bits per heavy atom. The first-order chi connectivity index (χ1) is 8.38. The molecular formula is C11H7Cl2F3N2. The number of hydrogen-bond acceptors (Lipinski definition) is 1.